The molecule has 2 aromatic rings. The van der Waals surface area contributed by atoms with Gasteiger partial charge in [-0.3, -0.25) is 9.59 Å². The highest BCUT2D eigenvalue weighted by molar-refractivity contribution is 6.33. The second-order valence-electron chi connectivity index (χ2n) is 4.66. The molecule has 3 N–H and O–H groups in total. The third-order valence-corrected chi connectivity index (χ3v) is 3.30. The molecule has 0 radical (unpaired) electrons. The average Bonchev–Trinajstić information content (AvgIpc) is 2.45. The zero-order valence-corrected chi connectivity index (χ0v) is 12.1. The molecule has 21 heavy (non-hydrogen) atoms. The van der Waals surface area contributed by atoms with Crippen molar-refractivity contribution >= 4 is 28.9 Å². The monoisotopic (exact) mass is 305 g/mol. The molecule has 0 spiro atoms. The van der Waals surface area contributed by atoms with Crippen molar-refractivity contribution in [1.29, 1.82) is 0 Å². The molecule has 1 heterocycles. The van der Waals surface area contributed by atoms with Crippen molar-refractivity contribution in [3.05, 3.63) is 58.0 Å². The van der Waals surface area contributed by atoms with Crippen molar-refractivity contribution in [1.82, 2.24) is 4.57 Å². The molecule has 1 aromatic heterocycles. The van der Waals surface area contributed by atoms with Crippen LogP contribution < -0.4 is 16.5 Å². The summed E-state index contributed by atoms with van der Waals surface area (Å²) in [6, 6.07) is 7.97. The fraction of sp³-hybridized carbons (Fsp3) is 0.200. The van der Waals surface area contributed by atoms with Gasteiger partial charge in [0.25, 0.3) is 0 Å². The Hall–Kier alpha value is -2.27. The van der Waals surface area contributed by atoms with E-state index in [1.807, 2.05) is 4.57 Å². The van der Waals surface area contributed by atoms with Crippen LogP contribution in [0.4, 0.5) is 11.4 Å². The Morgan fingerprint density at radius 1 is 1.24 bits per heavy atom. The van der Waals surface area contributed by atoms with Crippen LogP contribution in [0.1, 0.15) is 12.8 Å². The highest BCUT2D eigenvalue weighted by Gasteiger charge is 2.04. The fourth-order valence-corrected chi connectivity index (χ4v) is 1.98. The van der Waals surface area contributed by atoms with Crippen molar-refractivity contribution in [2.24, 2.45) is 0 Å². The number of nitrogens with two attached hydrogens (primary N) is 1. The Morgan fingerprint density at radius 2 is 1.95 bits per heavy atom. The first-order valence-corrected chi connectivity index (χ1v) is 6.93. The molecule has 0 aliphatic carbocycles. The SMILES string of the molecule is Nc1cc(NC(=O)CCCn2ccc(=O)cc2)ccc1Cl. The number of pyridine rings is 1. The quantitative estimate of drug-likeness (QED) is 0.833. The van der Waals surface area contributed by atoms with Crippen LogP contribution in [0.2, 0.25) is 5.02 Å². The number of benzene rings is 1. The number of nitrogens with zero attached hydrogens (tertiary/aromatic N) is 1. The minimum absolute atomic E-state index is 0.0238. The van der Waals surface area contributed by atoms with E-state index in [1.54, 1.807) is 30.6 Å². The van der Waals surface area contributed by atoms with Gasteiger partial charge in [-0.05, 0) is 24.6 Å². The first-order chi connectivity index (χ1) is 10.0. The molecule has 0 fully saturated rings. The van der Waals surface area contributed by atoms with Crippen LogP contribution in [-0.2, 0) is 11.3 Å². The minimum atomic E-state index is -0.0854. The number of aryl methyl sites for hydroxylation is 1. The van der Waals surface area contributed by atoms with Gasteiger partial charge in [-0.1, -0.05) is 11.6 Å². The molecular formula is C15H16ClN3O2. The van der Waals surface area contributed by atoms with E-state index >= 15 is 0 Å². The van der Waals surface area contributed by atoms with Gasteiger partial charge < -0.3 is 15.6 Å². The van der Waals surface area contributed by atoms with Gasteiger partial charge in [-0.25, -0.2) is 0 Å². The Morgan fingerprint density at radius 3 is 2.62 bits per heavy atom. The summed E-state index contributed by atoms with van der Waals surface area (Å²) < 4.78 is 1.87. The third-order valence-electron chi connectivity index (χ3n) is 2.96. The third kappa shape index (κ3) is 4.65. The van der Waals surface area contributed by atoms with E-state index in [1.165, 1.54) is 12.1 Å². The molecule has 1 aromatic carbocycles. The summed E-state index contributed by atoms with van der Waals surface area (Å²) in [4.78, 5) is 22.8. The number of carbonyl (C=O) groups is 1. The van der Waals surface area contributed by atoms with Crippen LogP contribution in [-0.4, -0.2) is 10.5 Å². The number of aromatic nitrogens is 1. The molecule has 0 saturated carbocycles. The molecule has 0 bridgehead atoms. The lowest BCUT2D eigenvalue weighted by molar-refractivity contribution is -0.116. The number of nitrogen functional groups attached to an aromatic ring is 1. The van der Waals surface area contributed by atoms with E-state index in [9.17, 15) is 9.59 Å². The molecule has 6 heteroatoms. The summed E-state index contributed by atoms with van der Waals surface area (Å²) in [7, 11) is 0. The summed E-state index contributed by atoms with van der Waals surface area (Å²) in [5.41, 5.74) is 6.71. The normalized spacial score (nSPS) is 10.3. The molecule has 0 aliphatic rings. The average molecular weight is 306 g/mol. The molecule has 0 unspecified atom stereocenters. The van der Waals surface area contributed by atoms with Gasteiger partial charge in [0.15, 0.2) is 5.43 Å². The van der Waals surface area contributed by atoms with Crippen LogP contribution in [0.25, 0.3) is 0 Å². The van der Waals surface area contributed by atoms with Crippen LogP contribution in [0.15, 0.2) is 47.5 Å². The lowest BCUT2D eigenvalue weighted by Crippen LogP contribution is -2.13. The first-order valence-electron chi connectivity index (χ1n) is 6.55. The van der Waals surface area contributed by atoms with E-state index in [0.29, 0.717) is 35.8 Å². The van der Waals surface area contributed by atoms with Crippen LogP contribution in [0.5, 0.6) is 0 Å². The molecule has 1 amide bonds. The zero-order valence-electron chi connectivity index (χ0n) is 11.4. The Labute approximate surface area is 127 Å². The molecule has 0 atom stereocenters. The first kappa shape index (κ1) is 15.1. The summed E-state index contributed by atoms with van der Waals surface area (Å²) in [5, 5.41) is 3.23. The Balaban J connectivity index is 1.80. The van der Waals surface area contributed by atoms with Crippen molar-refractivity contribution < 1.29 is 4.79 Å². The maximum atomic E-state index is 11.8. The van der Waals surface area contributed by atoms with Crippen molar-refractivity contribution in [3.63, 3.8) is 0 Å². The number of halogens is 1. The van der Waals surface area contributed by atoms with E-state index in [4.69, 9.17) is 17.3 Å². The molecule has 0 saturated heterocycles. The zero-order chi connectivity index (χ0) is 15.2. The van der Waals surface area contributed by atoms with Gasteiger partial charge in [0.1, 0.15) is 0 Å². The number of amides is 1. The van der Waals surface area contributed by atoms with E-state index in [2.05, 4.69) is 5.32 Å². The molecule has 0 aliphatic heterocycles. The van der Waals surface area contributed by atoms with Crippen molar-refractivity contribution in [2.45, 2.75) is 19.4 Å². The van der Waals surface area contributed by atoms with Crippen molar-refractivity contribution in [2.75, 3.05) is 11.1 Å². The van der Waals surface area contributed by atoms with E-state index in [0.717, 1.165) is 0 Å². The number of hydrogen-bond donors (Lipinski definition) is 2. The van der Waals surface area contributed by atoms with Crippen molar-refractivity contribution in [3.8, 4) is 0 Å². The van der Waals surface area contributed by atoms with Gasteiger partial charge in [0, 0.05) is 43.2 Å². The molecule has 2 rings (SSSR count). The maximum Gasteiger partial charge on any atom is 0.224 e. The minimum Gasteiger partial charge on any atom is -0.397 e. The number of hydrogen-bond acceptors (Lipinski definition) is 3. The topological polar surface area (TPSA) is 77.1 Å². The summed E-state index contributed by atoms with van der Waals surface area (Å²) in [5.74, 6) is -0.0854. The van der Waals surface area contributed by atoms with Crippen LogP contribution in [0.3, 0.4) is 0 Å². The second kappa shape index (κ2) is 6.95. The number of rotatable bonds is 5. The predicted molar refractivity (Wildman–Crippen MR) is 84.4 cm³/mol. The number of anilines is 2. The smallest absolute Gasteiger partial charge is 0.224 e. The summed E-state index contributed by atoms with van der Waals surface area (Å²) >= 11 is 5.82. The van der Waals surface area contributed by atoms with Gasteiger partial charge >= 0.3 is 0 Å². The van der Waals surface area contributed by atoms with Crippen LogP contribution in [0, 0.1) is 0 Å². The standard InChI is InChI=1S/C15H16ClN3O2/c16-13-4-3-11(10-14(13)17)18-15(21)2-1-7-19-8-5-12(20)6-9-19/h3-6,8-10H,1-2,7,17H2,(H,18,21). The maximum absolute atomic E-state index is 11.8. The number of nitrogens with one attached hydrogen (secondary N) is 1. The predicted octanol–water partition coefficient (Wildman–Crippen LogP) is 2.50. The Kier molecular flexibility index (Phi) is 5.00. The second-order valence-corrected chi connectivity index (χ2v) is 5.07. The van der Waals surface area contributed by atoms with E-state index < -0.39 is 0 Å². The summed E-state index contributed by atoms with van der Waals surface area (Å²) in [6.45, 7) is 0.677. The fourth-order valence-electron chi connectivity index (χ4n) is 1.86. The van der Waals surface area contributed by atoms with Crippen LogP contribution >= 0.6 is 11.6 Å². The lowest BCUT2D eigenvalue weighted by atomic mass is 10.2. The lowest BCUT2D eigenvalue weighted by Gasteiger charge is -2.08. The van der Waals surface area contributed by atoms with Gasteiger partial charge in [-0.15, -0.1) is 0 Å². The molecular weight excluding hydrogens is 290 g/mol. The number of carbonyl (C=O) groups excluding carboxylic acids is 1. The van der Waals surface area contributed by atoms with Gasteiger partial charge in [0.2, 0.25) is 5.91 Å². The van der Waals surface area contributed by atoms with E-state index in [-0.39, 0.29) is 11.3 Å². The van der Waals surface area contributed by atoms with Gasteiger partial charge in [-0.2, -0.15) is 0 Å². The Bertz CT molecular complexity index is 677. The molecule has 5 nitrogen and oxygen atoms in total. The largest absolute Gasteiger partial charge is 0.397 e. The molecule has 110 valence electrons. The highest BCUT2D eigenvalue weighted by Crippen LogP contribution is 2.22. The summed E-state index contributed by atoms with van der Waals surface area (Å²) in [6.07, 6.45) is 4.48. The van der Waals surface area contributed by atoms with Gasteiger partial charge in [0.05, 0.1) is 10.7 Å². The highest BCUT2D eigenvalue weighted by atomic mass is 35.5.